The molecule has 0 unspecified atom stereocenters. The van der Waals surface area contributed by atoms with Gasteiger partial charge in [-0.3, -0.25) is 0 Å². The molecule has 0 spiro atoms. The molecule has 2 aromatic rings. The van der Waals surface area contributed by atoms with Crippen LogP contribution in [-0.4, -0.2) is 13.0 Å². The topological polar surface area (TPSA) is 66.4 Å². The van der Waals surface area contributed by atoms with Crippen LogP contribution in [-0.2, 0) is 16.5 Å². The van der Waals surface area contributed by atoms with Crippen molar-refractivity contribution in [3.05, 3.63) is 54.1 Å². The Morgan fingerprint density at radius 1 is 0.917 bits per heavy atom. The van der Waals surface area contributed by atoms with E-state index in [1.54, 1.807) is 12.1 Å². The predicted molar refractivity (Wildman–Crippen MR) is 88.8 cm³/mol. The Labute approximate surface area is 166 Å². The summed E-state index contributed by atoms with van der Waals surface area (Å²) in [5, 5.41) is 0. The van der Waals surface area contributed by atoms with E-state index in [1.165, 1.54) is 31.0 Å². The molecule has 0 radical (unpaired) electrons. The third-order valence-electron chi connectivity index (χ3n) is 3.61. The van der Waals surface area contributed by atoms with Crippen molar-refractivity contribution in [3.8, 4) is 11.5 Å². The van der Waals surface area contributed by atoms with Crippen molar-refractivity contribution >= 4 is 10.1 Å². The van der Waals surface area contributed by atoms with Gasteiger partial charge in [0.05, 0.1) is 4.90 Å². The van der Waals surface area contributed by atoms with Gasteiger partial charge < -0.3 is 9.29 Å². The molecule has 0 aliphatic rings. The number of ether oxygens (including phenoxy) is 1. The first-order valence-electron chi connectivity index (χ1n) is 7.83. The van der Waals surface area contributed by atoms with Crippen LogP contribution in [0.25, 0.3) is 0 Å². The van der Waals surface area contributed by atoms with Crippen LogP contribution in [0.3, 0.4) is 0 Å². The molecule has 0 aromatic heterocycles. The second-order valence-electron chi connectivity index (χ2n) is 5.42. The number of hydrogen-bond donors (Lipinski definition) is 0. The predicted octanol–water partition coefficient (Wildman–Crippen LogP) is 1.51. The van der Waals surface area contributed by atoms with Gasteiger partial charge in [-0.1, -0.05) is 56.5 Å². The van der Waals surface area contributed by atoms with E-state index in [0.29, 0.717) is 5.75 Å². The Morgan fingerprint density at radius 3 is 2.21 bits per heavy atom. The standard InChI is InChI=1S/C18H22O4S.Na/c1-2-3-4-5-10-15-11-6-7-12-16(15)22-17-13-8-9-14-18(17)23(19,20)21;/h6-9,11-14H,2-5,10H2,1H3,(H,19,20,21);/q;+1/p-1. The van der Waals surface area contributed by atoms with Crippen LogP contribution in [0.2, 0.25) is 0 Å². The minimum absolute atomic E-state index is 0. The maximum Gasteiger partial charge on any atom is 1.00 e. The average molecular weight is 356 g/mol. The van der Waals surface area contributed by atoms with Gasteiger partial charge in [-0.05, 0) is 36.6 Å². The van der Waals surface area contributed by atoms with Crippen LogP contribution < -0.4 is 34.3 Å². The molecule has 0 saturated heterocycles. The summed E-state index contributed by atoms with van der Waals surface area (Å²) in [7, 11) is -4.57. The zero-order valence-electron chi connectivity index (χ0n) is 14.2. The van der Waals surface area contributed by atoms with Crippen LogP contribution in [0.1, 0.15) is 38.2 Å². The fourth-order valence-electron chi connectivity index (χ4n) is 2.41. The number of unbranched alkanes of at least 4 members (excludes halogenated alkanes) is 3. The summed E-state index contributed by atoms with van der Waals surface area (Å²) >= 11 is 0. The van der Waals surface area contributed by atoms with Gasteiger partial charge in [0.1, 0.15) is 21.6 Å². The first kappa shape index (κ1) is 21.2. The summed E-state index contributed by atoms with van der Waals surface area (Å²) in [5.74, 6) is 0.670. The minimum Gasteiger partial charge on any atom is -0.744 e. The quantitative estimate of drug-likeness (QED) is 0.409. The molecule has 0 heterocycles. The number of benzene rings is 2. The van der Waals surface area contributed by atoms with Crippen molar-refractivity contribution in [3.63, 3.8) is 0 Å². The van der Waals surface area contributed by atoms with E-state index in [-0.39, 0.29) is 40.2 Å². The van der Waals surface area contributed by atoms with Gasteiger partial charge in [-0.2, -0.15) is 0 Å². The van der Waals surface area contributed by atoms with Crippen LogP contribution in [0.5, 0.6) is 11.5 Å². The van der Waals surface area contributed by atoms with Crippen molar-refractivity contribution < 1.29 is 47.3 Å². The summed E-state index contributed by atoms with van der Waals surface area (Å²) < 4.78 is 39.8. The molecule has 0 N–H and O–H groups in total. The summed E-state index contributed by atoms with van der Waals surface area (Å²) in [6.45, 7) is 2.16. The summed E-state index contributed by atoms with van der Waals surface area (Å²) in [6.07, 6.45) is 5.43. The third-order valence-corrected chi connectivity index (χ3v) is 4.49. The van der Waals surface area contributed by atoms with E-state index in [2.05, 4.69) is 6.92 Å². The van der Waals surface area contributed by atoms with Gasteiger partial charge >= 0.3 is 29.6 Å². The Morgan fingerprint density at radius 2 is 1.54 bits per heavy atom. The normalized spacial score (nSPS) is 10.9. The smallest absolute Gasteiger partial charge is 0.744 e. The molecule has 0 saturated carbocycles. The third kappa shape index (κ3) is 6.22. The second-order valence-corrected chi connectivity index (χ2v) is 6.77. The summed E-state index contributed by atoms with van der Waals surface area (Å²) in [4.78, 5) is -0.333. The molecule has 2 rings (SSSR count). The van der Waals surface area contributed by atoms with Gasteiger partial charge in [-0.15, -0.1) is 0 Å². The van der Waals surface area contributed by atoms with Crippen molar-refractivity contribution in [2.75, 3.05) is 0 Å². The zero-order valence-corrected chi connectivity index (χ0v) is 17.0. The second kappa shape index (κ2) is 10.2. The van der Waals surface area contributed by atoms with Crippen molar-refractivity contribution in [1.82, 2.24) is 0 Å². The Bertz CT molecular complexity index is 744. The maximum absolute atomic E-state index is 11.3. The van der Waals surface area contributed by atoms with E-state index in [4.69, 9.17) is 4.74 Å². The van der Waals surface area contributed by atoms with Crippen LogP contribution in [0.4, 0.5) is 0 Å². The molecule has 2 aromatic carbocycles. The molecule has 24 heavy (non-hydrogen) atoms. The first-order valence-corrected chi connectivity index (χ1v) is 9.24. The van der Waals surface area contributed by atoms with Crippen LogP contribution >= 0.6 is 0 Å². The molecule has 0 amide bonds. The Hall–Kier alpha value is -0.850. The monoisotopic (exact) mass is 356 g/mol. The molecule has 0 atom stereocenters. The van der Waals surface area contributed by atoms with Gasteiger partial charge in [0.2, 0.25) is 0 Å². The fourth-order valence-corrected chi connectivity index (χ4v) is 3.01. The van der Waals surface area contributed by atoms with E-state index < -0.39 is 10.1 Å². The number of aryl methyl sites for hydroxylation is 1. The SMILES string of the molecule is CCCCCCc1ccccc1Oc1ccccc1S(=O)(=O)[O-].[Na+]. The van der Waals surface area contributed by atoms with E-state index in [9.17, 15) is 13.0 Å². The zero-order chi connectivity index (χ0) is 16.7. The number of hydrogen-bond acceptors (Lipinski definition) is 4. The molecule has 0 fully saturated rings. The molecule has 124 valence electrons. The largest absolute Gasteiger partial charge is 1.00 e. The fraction of sp³-hybridized carbons (Fsp3) is 0.333. The van der Waals surface area contributed by atoms with E-state index in [0.717, 1.165) is 24.8 Å². The van der Waals surface area contributed by atoms with Crippen molar-refractivity contribution in [2.24, 2.45) is 0 Å². The summed E-state index contributed by atoms with van der Waals surface area (Å²) in [6, 6.07) is 13.4. The number of rotatable bonds is 8. The van der Waals surface area contributed by atoms with Gasteiger partial charge in [0.25, 0.3) is 0 Å². The van der Waals surface area contributed by atoms with E-state index >= 15 is 0 Å². The molecule has 0 aliphatic heterocycles. The molecule has 0 aliphatic carbocycles. The Kier molecular flexibility index (Phi) is 9.02. The Balaban J connectivity index is 0.00000288. The van der Waals surface area contributed by atoms with Crippen LogP contribution in [0.15, 0.2) is 53.4 Å². The maximum atomic E-state index is 11.3. The van der Waals surface area contributed by atoms with Gasteiger partial charge in [0, 0.05) is 0 Å². The van der Waals surface area contributed by atoms with E-state index in [1.807, 2.05) is 18.2 Å². The number of para-hydroxylation sites is 2. The molecular weight excluding hydrogens is 335 g/mol. The molecule has 6 heteroatoms. The van der Waals surface area contributed by atoms with Crippen LogP contribution in [0, 0.1) is 0 Å². The van der Waals surface area contributed by atoms with Crippen molar-refractivity contribution in [1.29, 1.82) is 0 Å². The molecular formula is C18H21NaO4S. The molecule has 4 nitrogen and oxygen atoms in total. The van der Waals surface area contributed by atoms with Gasteiger partial charge in [-0.25, -0.2) is 8.42 Å². The first-order chi connectivity index (χ1) is 11.0. The minimum atomic E-state index is -4.57. The molecule has 0 bridgehead atoms. The van der Waals surface area contributed by atoms with Crippen molar-refractivity contribution in [2.45, 2.75) is 43.9 Å². The average Bonchev–Trinajstić information content (AvgIpc) is 2.52. The van der Waals surface area contributed by atoms with Gasteiger partial charge in [0.15, 0.2) is 0 Å². The summed E-state index contributed by atoms with van der Waals surface area (Å²) in [5.41, 5.74) is 1.02.